The first-order chi connectivity index (χ1) is 6.16. The van der Waals surface area contributed by atoms with Crippen LogP contribution in [-0.2, 0) is 15.6 Å². The highest BCUT2D eigenvalue weighted by Crippen LogP contribution is 2.02. The minimum absolute atomic E-state index is 0.0214. The Balaban J connectivity index is 3.25. The maximum Gasteiger partial charge on any atom is 0.304 e. The fourth-order valence-corrected chi connectivity index (χ4v) is 2.66. The lowest BCUT2D eigenvalue weighted by molar-refractivity contribution is -0.136. The second kappa shape index (κ2) is 8.56. The van der Waals surface area contributed by atoms with Gasteiger partial charge in [0.15, 0.2) is 0 Å². The first kappa shape index (κ1) is 13.0. The molecular weight excluding hydrogens is 208 g/mol. The van der Waals surface area contributed by atoms with E-state index in [1.807, 2.05) is 11.8 Å². The standard InChI is InChI=1S/C8H16O3S2/c1-2-12-5-3-6-13(11)7-4-8(9)10/h2-7H2,1H3,(H,9,10). The molecular formula is C8H16O3S2. The van der Waals surface area contributed by atoms with E-state index < -0.39 is 16.8 Å². The van der Waals surface area contributed by atoms with Gasteiger partial charge in [-0.25, -0.2) is 0 Å². The van der Waals surface area contributed by atoms with Crippen LogP contribution in [0.1, 0.15) is 19.8 Å². The fourth-order valence-electron chi connectivity index (χ4n) is 0.770. The van der Waals surface area contributed by atoms with Gasteiger partial charge in [-0.15, -0.1) is 0 Å². The van der Waals surface area contributed by atoms with Crippen LogP contribution in [0, 0.1) is 0 Å². The first-order valence-electron chi connectivity index (χ1n) is 4.31. The van der Waals surface area contributed by atoms with E-state index in [-0.39, 0.29) is 6.42 Å². The van der Waals surface area contributed by atoms with E-state index in [1.54, 1.807) is 0 Å². The molecule has 0 bridgehead atoms. The zero-order chi connectivity index (χ0) is 10.1. The van der Waals surface area contributed by atoms with E-state index in [0.29, 0.717) is 11.5 Å². The van der Waals surface area contributed by atoms with Crippen molar-refractivity contribution in [3.63, 3.8) is 0 Å². The molecule has 0 aromatic heterocycles. The van der Waals surface area contributed by atoms with Gasteiger partial charge in [-0.05, 0) is 17.9 Å². The van der Waals surface area contributed by atoms with Gasteiger partial charge < -0.3 is 5.11 Å². The second-order valence-electron chi connectivity index (χ2n) is 2.54. The largest absolute Gasteiger partial charge is 0.481 e. The number of carboxylic acid groups (broad SMARTS) is 1. The minimum atomic E-state index is -0.938. The zero-order valence-electron chi connectivity index (χ0n) is 7.82. The molecule has 13 heavy (non-hydrogen) atoms. The summed E-state index contributed by atoms with van der Waals surface area (Å²) in [6.07, 6.45) is 0.943. The average molecular weight is 224 g/mol. The van der Waals surface area contributed by atoms with Crippen molar-refractivity contribution in [3.05, 3.63) is 0 Å². The lowest BCUT2D eigenvalue weighted by atomic mass is 10.5. The monoisotopic (exact) mass is 224 g/mol. The molecule has 0 rings (SSSR count). The molecule has 0 aliphatic carbocycles. The first-order valence-corrected chi connectivity index (χ1v) is 6.95. The Labute approximate surface area is 85.7 Å². The van der Waals surface area contributed by atoms with Crippen molar-refractivity contribution < 1.29 is 14.1 Å². The Morgan fingerprint density at radius 2 is 2.15 bits per heavy atom. The van der Waals surface area contributed by atoms with Crippen LogP contribution in [0.3, 0.4) is 0 Å². The van der Waals surface area contributed by atoms with Crippen molar-refractivity contribution in [2.45, 2.75) is 19.8 Å². The SMILES string of the molecule is CCSCCCS(=O)CCC(=O)O. The van der Waals surface area contributed by atoms with Gasteiger partial charge in [-0.2, -0.15) is 11.8 Å². The molecule has 3 nitrogen and oxygen atoms in total. The van der Waals surface area contributed by atoms with Gasteiger partial charge in [0.2, 0.25) is 0 Å². The number of hydrogen-bond donors (Lipinski definition) is 1. The molecule has 5 heteroatoms. The third-order valence-electron chi connectivity index (χ3n) is 1.41. The molecule has 0 saturated carbocycles. The van der Waals surface area contributed by atoms with Crippen LogP contribution >= 0.6 is 11.8 Å². The predicted octanol–water partition coefficient (Wildman–Crippen LogP) is 1.35. The highest BCUT2D eigenvalue weighted by atomic mass is 32.2. The molecule has 1 atom stereocenters. The van der Waals surface area contributed by atoms with Gasteiger partial charge in [0.05, 0.1) is 6.42 Å². The molecule has 0 amide bonds. The summed E-state index contributed by atoms with van der Waals surface area (Å²) in [7, 11) is -0.938. The van der Waals surface area contributed by atoms with Crippen LogP contribution in [0.4, 0.5) is 0 Å². The number of rotatable bonds is 8. The molecule has 0 radical (unpaired) electrons. The van der Waals surface area contributed by atoms with E-state index >= 15 is 0 Å². The van der Waals surface area contributed by atoms with Gasteiger partial charge in [-0.1, -0.05) is 6.92 Å². The van der Waals surface area contributed by atoms with Gasteiger partial charge in [0.1, 0.15) is 0 Å². The Morgan fingerprint density at radius 1 is 1.46 bits per heavy atom. The maximum absolute atomic E-state index is 11.1. The van der Waals surface area contributed by atoms with Crippen molar-refractivity contribution in [1.29, 1.82) is 0 Å². The van der Waals surface area contributed by atoms with Crippen LogP contribution < -0.4 is 0 Å². The number of hydrogen-bond acceptors (Lipinski definition) is 3. The van der Waals surface area contributed by atoms with Crippen LogP contribution in [0.2, 0.25) is 0 Å². The summed E-state index contributed by atoms with van der Waals surface area (Å²) in [6.45, 7) is 2.09. The average Bonchev–Trinajstić information content (AvgIpc) is 2.09. The van der Waals surface area contributed by atoms with Crippen molar-refractivity contribution >= 4 is 28.5 Å². The Morgan fingerprint density at radius 3 is 2.69 bits per heavy atom. The third-order valence-corrected chi connectivity index (χ3v) is 3.80. The van der Waals surface area contributed by atoms with Gasteiger partial charge in [-0.3, -0.25) is 9.00 Å². The molecule has 0 spiro atoms. The lowest BCUT2D eigenvalue weighted by Gasteiger charge is -1.99. The predicted molar refractivity (Wildman–Crippen MR) is 57.7 cm³/mol. The van der Waals surface area contributed by atoms with Crippen molar-refractivity contribution in [1.82, 2.24) is 0 Å². The summed E-state index contributed by atoms with van der Waals surface area (Å²) < 4.78 is 11.1. The second-order valence-corrected chi connectivity index (χ2v) is 5.63. The van der Waals surface area contributed by atoms with Crippen molar-refractivity contribution in [3.8, 4) is 0 Å². The smallest absolute Gasteiger partial charge is 0.304 e. The van der Waals surface area contributed by atoms with Crippen LogP contribution in [-0.4, -0.2) is 38.3 Å². The molecule has 0 aromatic carbocycles. The van der Waals surface area contributed by atoms with Crippen LogP contribution in [0.15, 0.2) is 0 Å². The fraction of sp³-hybridized carbons (Fsp3) is 0.875. The molecule has 0 aromatic rings. The van der Waals surface area contributed by atoms with Crippen LogP contribution in [0.5, 0.6) is 0 Å². The topological polar surface area (TPSA) is 54.4 Å². The van der Waals surface area contributed by atoms with Gasteiger partial charge >= 0.3 is 5.97 Å². The Bertz CT molecular complexity index is 171. The summed E-state index contributed by atoms with van der Waals surface area (Å²) in [5.41, 5.74) is 0. The number of thioether (sulfide) groups is 1. The third kappa shape index (κ3) is 9.89. The molecule has 0 saturated heterocycles. The van der Waals surface area contributed by atoms with E-state index in [4.69, 9.17) is 5.11 Å². The molecule has 0 aliphatic rings. The lowest BCUT2D eigenvalue weighted by Crippen LogP contribution is -2.08. The molecule has 0 heterocycles. The Kier molecular flexibility index (Phi) is 8.54. The van der Waals surface area contributed by atoms with Crippen molar-refractivity contribution in [2.75, 3.05) is 23.0 Å². The normalized spacial score (nSPS) is 12.7. The highest BCUT2D eigenvalue weighted by molar-refractivity contribution is 7.99. The van der Waals surface area contributed by atoms with Gasteiger partial charge in [0, 0.05) is 22.3 Å². The van der Waals surface area contributed by atoms with E-state index in [2.05, 4.69) is 6.92 Å². The quantitative estimate of drug-likeness (QED) is 0.632. The maximum atomic E-state index is 11.1. The van der Waals surface area contributed by atoms with Crippen LogP contribution in [0.25, 0.3) is 0 Å². The van der Waals surface area contributed by atoms with E-state index in [9.17, 15) is 9.00 Å². The Hall–Kier alpha value is -0.0300. The number of carboxylic acids is 1. The highest BCUT2D eigenvalue weighted by Gasteiger charge is 2.03. The molecule has 0 fully saturated rings. The zero-order valence-corrected chi connectivity index (χ0v) is 9.46. The molecule has 78 valence electrons. The summed E-state index contributed by atoms with van der Waals surface area (Å²) in [6, 6.07) is 0. The summed E-state index contributed by atoms with van der Waals surface area (Å²) >= 11 is 1.82. The summed E-state index contributed by atoms with van der Waals surface area (Å²) in [5, 5.41) is 8.33. The number of aliphatic carboxylic acids is 1. The molecule has 1 N–H and O–H groups in total. The summed E-state index contributed by atoms with van der Waals surface area (Å²) in [5.74, 6) is 2.18. The van der Waals surface area contributed by atoms with E-state index in [0.717, 1.165) is 17.9 Å². The van der Waals surface area contributed by atoms with Gasteiger partial charge in [0.25, 0.3) is 0 Å². The van der Waals surface area contributed by atoms with E-state index in [1.165, 1.54) is 0 Å². The van der Waals surface area contributed by atoms with Crippen molar-refractivity contribution in [2.24, 2.45) is 0 Å². The molecule has 0 aliphatic heterocycles. The molecule has 1 unspecified atom stereocenters. The number of carbonyl (C=O) groups is 1. The summed E-state index contributed by atoms with van der Waals surface area (Å²) in [4.78, 5) is 10.1. The minimum Gasteiger partial charge on any atom is -0.481 e.